The lowest BCUT2D eigenvalue weighted by molar-refractivity contribution is -0.128. The summed E-state index contributed by atoms with van der Waals surface area (Å²) >= 11 is 0. The van der Waals surface area contributed by atoms with Gasteiger partial charge in [-0.05, 0) is 31.0 Å². The number of aryl methyl sites for hydroxylation is 1. The molecule has 21 heavy (non-hydrogen) atoms. The first kappa shape index (κ1) is 15.8. The molecule has 0 bridgehead atoms. The topological polar surface area (TPSA) is 83.7 Å². The van der Waals surface area contributed by atoms with Gasteiger partial charge in [0.15, 0.2) is 0 Å². The van der Waals surface area contributed by atoms with Crippen LogP contribution in [0.1, 0.15) is 18.9 Å². The molecule has 1 heterocycles. The molecule has 1 aliphatic heterocycles. The molecule has 1 fully saturated rings. The number of rotatable bonds is 2. The number of carbonyl (C=O) groups excluding carboxylic acids is 1. The van der Waals surface area contributed by atoms with Gasteiger partial charge in [-0.3, -0.25) is 4.79 Å². The molecule has 2 rings (SSSR count). The lowest BCUT2D eigenvalue weighted by atomic mass is 10.2. The summed E-state index contributed by atoms with van der Waals surface area (Å²) in [6, 6.07) is 4.79. The van der Waals surface area contributed by atoms with Crippen molar-refractivity contribution in [1.29, 1.82) is 0 Å². The average molecular weight is 311 g/mol. The van der Waals surface area contributed by atoms with Gasteiger partial charge in [0.1, 0.15) is 0 Å². The average Bonchev–Trinajstić information content (AvgIpc) is 2.68. The van der Waals surface area contributed by atoms with Gasteiger partial charge in [-0.15, -0.1) is 0 Å². The smallest absolute Gasteiger partial charge is 0.243 e. The van der Waals surface area contributed by atoms with Crippen LogP contribution >= 0.6 is 0 Å². The van der Waals surface area contributed by atoms with E-state index in [-0.39, 0.29) is 10.8 Å². The number of anilines is 1. The molecule has 0 aliphatic carbocycles. The third kappa shape index (κ3) is 3.36. The van der Waals surface area contributed by atoms with Gasteiger partial charge in [0.2, 0.25) is 15.9 Å². The van der Waals surface area contributed by atoms with Crippen molar-refractivity contribution in [3.63, 3.8) is 0 Å². The number of hydrogen-bond acceptors (Lipinski definition) is 4. The number of nitrogens with zero attached hydrogens (tertiary/aromatic N) is 2. The molecule has 1 aliphatic rings. The number of nitrogen functional groups attached to an aromatic ring is 1. The summed E-state index contributed by atoms with van der Waals surface area (Å²) in [5.74, 6) is -0.0196. The van der Waals surface area contributed by atoms with Crippen molar-refractivity contribution in [3.05, 3.63) is 23.8 Å². The minimum Gasteiger partial charge on any atom is -0.398 e. The Labute approximate surface area is 125 Å². The molecule has 1 saturated heterocycles. The minimum atomic E-state index is -3.56. The highest BCUT2D eigenvalue weighted by Gasteiger charge is 2.27. The van der Waals surface area contributed by atoms with Crippen LogP contribution in [-0.2, 0) is 14.8 Å². The molecule has 0 radical (unpaired) electrons. The van der Waals surface area contributed by atoms with Gasteiger partial charge < -0.3 is 10.6 Å². The second-order valence-electron chi connectivity index (χ2n) is 5.28. The van der Waals surface area contributed by atoms with Crippen molar-refractivity contribution in [2.24, 2.45) is 0 Å². The van der Waals surface area contributed by atoms with Crippen molar-refractivity contribution >= 4 is 21.6 Å². The summed E-state index contributed by atoms with van der Waals surface area (Å²) in [7, 11) is -3.56. The van der Waals surface area contributed by atoms with E-state index >= 15 is 0 Å². The van der Waals surface area contributed by atoms with Gasteiger partial charge in [-0.1, -0.05) is 6.07 Å². The highest BCUT2D eigenvalue weighted by molar-refractivity contribution is 7.89. The van der Waals surface area contributed by atoms with Crippen LogP contribution in [0.5, 0.6) is 0 Å². The largest absolute Gasteiger partial charge is 0.398 e. The molecule has 0 aromatic heterocycles. The maximum atomic E-state index is 12.6. The van der Waals surface area contributed by atoms with Crippen molar-refractivity contribution in [1.82, 2.24) is 9.21 Å². The third-order valence-electron chi connectivity index (χ3n) is 3.79. The normalized spacial score (nSPS) is 17.5. The summed E-state index contributed by atoms with van der Waals surface area (Å²) in [6.45, 7) is 5.09. The highest BCUT2D eigenvalue weighted by atomic mass is 32.2. The number of benzene rings is 1. The van der Waals surface area contributed by atoms with E-state index in [1.165, 1.54) is 17.3 Å². The van der Waals surface area contributed by atoms with E-state index in [4.69, 9.17) is 5.73 Å². The molecule has 0 unspecified atom stereocenters. The fourth-order valence-corrected chi connectivity index (χ4v) is 3.88. The summed E-state index contributed by atoms with van der Waals surface area (Å²) in [4.78, 5) is 13.3. The molecule has 0 saturated carbocycles. The van der Waals surface area contributed by atoms with Crippen LogP contribution in [0.25, 0.3) is 0 Å². The quantitative estimate of drug-likeness (QED) is 0.820. The van der Waals surface area contributed by atoms with Gasteiger partial charge in [0.25, 0.3) is 0 Å². The number of hydrogen-bond donors (Lipinski definition) is 1. The van der Waals surface area contributed by atoms with Crippen molar-refractivity contribution in [2.75, 3.05) is 31.9 Å². The van der Waals surface area contributed by atoms with E-state index in [9.17, 15) is 13.2 Å². The van der Waals surface area contributed by atoms with Gasteiger partial charge >= 0.3 is 0 Å². The molecular weight excluding hydrogens is 290 g/mol. The molecule has 0 spiro atoms. The zero-order valence-corrected chi connectivity index (χ0v) is 13.2. The van der Waals surface area contributed by atoms with Crippen molar-refractivity contribution in [3.8, 4) is 0 Å². The van der Waals surface area contributed by atoms with Crippen LogP contribution in [-0.4, -0.2) is 49.7 Å². The van der Waals surface area contributed by atoms with Crippen LogP contribution in [0, 0.1) is 6.92 Å². The van der Waals surface area contributed by atoms with Gasteiger partial charge in [0.05, 0.1) is 4.90 Å². The Bertz CT molecular complexity index is 643. The Morgan fingerprint density at radius 3 is 2.52 bits per heavy atom. The molecule has 6 nitrogen and oxygen atoms in total. The monoisotopic (exact) mass is 311 g/mol. The van der Waals surface area contributed by atoms with Crippen LogP contribution in [0.15, 0.2) is 23.1 Å². The highest BCUT2D eigenvalue weighted by Crippen LogP contribution is 2.22. The number of carbonyl (C=O) groups is 1. The summed E-state index contributed by atoms with van der Waals surface area (Å²) in [5.41, 5.74) is 7.13. The van der Waals surface area contributed by atoms with E-state index in [0.29, 0.717) is 38.3 Å². The van der Waals surface area contributed by atoms with Crippen LogP contribution in [0.3, 0.4) is 0 Å². The fraction of sp³-hybridized carbons (Fsp3) is 0.500. The first-order valence-electron chi connectivity index (χ1n) is 6.94. The van der Waals surface area contributed by atoms with Crippen molar-refractivity contribution < 1.29 is 13.2 Å². The lowest BCUT2D eigenvalue weighted by Gasteiger charge is -2.21. The van der Waals surface area contributed by atoms with Crippen molar-refractivity contribution in [2.45, 2.75) is 25.2 Å². The molecule has 1 amide bonds. The predicted molar refractivity (Wildman–Crippen MR) is 81.2 cm³/mol. The molecule has 1 aromatic rings. The minimum absolute atomic E-state index is 0.0196. The Balaban J connectivity index is 2.23. The van der Waals surface area contributed by atoms with E-state index in [0.717, 1.165) is 5.56 Å². The second-order valence-corrected chi connectivity index (χ2v) is 7.22. The fourth-order valence-electron chi connectivity index (χ4n) is 2.38. The SMILES string of the molecule is CC(=O)N1CCCN(S(=O)(=O)c2ccc(C)c(N)c2)CC1. The Kier molecular flexibility index (Phi) is 4.53. The summed E-state index contributed by atoms with van der Waals surface area (Å²) in [5, 5.41) is 0. The van der Waals surface area contributed by atoms with E-state index in [2.05, 4.69) is 0 Å². The first-order chi connectivity index (χ1) is 9.82. The van der Waals surface area contributed by atoms with Gasteiger partial charge in [0, 0.05) is 38.8 Å². The van der Waals surface area contributed by atoms with Gasteiger partial charge in [-0.2, -0.15) is 4.31 Å². The zero-order valence-electron chi connectivity index (χ0n) is 12.4. The number of sulfonamides is 1. The molecule has 7 heteroatoms. The first-order valence-corrected chi connectivity index (χ1v) is 8.38. The van der Waals surface area contributed by atoms with Gasteiger partial charge in [-0.25, -0.2) is 8.42 Å². The summed E-state index contributed by atoms with van der Waals surface area (Å²) < 4.78 is 26.7. The van der Waals surface area contributed by atoms with Crippen LogP contribution in [0.4, 0.5) is 5.69 Å². The van der Waals surface area contributed by atoms with E-state index in [1.54, 1.807) is 17.0 Å². The molecule has 116 valence electrons. The Hall–Kier alpha value is -1.60. The molecule has 2 N–H and O–H groups in total. The standard InChI is InChI=1S/C14H21N3O3S/c1-11-4-5-13(10-14(11)15)21(19,20)17-7-3-6-16(8-9-17)12(2)18/h4-5,10H,3,6-9,15H2,1-2H3. The predicted octanol–water partition coefficient (Wildman–Crippen LogP) is 0.820. The summed E-state index contributed by atoms with van der Waals surface area (Å²) in [6.07, 6.45) is 0.639. The Morgan fingerprint density at radius 1 is 1.19 bits per heavy atom. The van der Waals surface area contributed by atoms with Crippen LogP contribution < -0.4 is 5.73 Å². The maximum Gasteiger partial charge on any atom is 0.243 e. The Morgan fingerprint density at radius 2 is 1.90 bits per heavy atom. The third-order valence-corrected chi connectivity index (χ3v) is 5.68. The maximum absolute atomic E-state index is 12.6. The zero-order chi connectivity index (χ0) is 15.6. The molecule has 0 atom stereocenters. The lowest BCUT2D eigenvalue weighted by Crippen LogP contribution is -2.36. The number of amides is 1. The molecule has 1 aromatic carbocycles. The number of nitrogens with two attached hydrogens (primary N) is 1. The van der Waals surface area contributed by atoms with E-state index < -0.39 is 10.0 Å². The van der Waals surface area contributed by atoms with E-state index in [1.807, 2.05) is 6.92 Å². The second kappa shape index (κ2) is 6.03. The molecular formula is C14H21N3O3S. The van der Waals surface area contributed by atoms with Crippen LogP contribution in [0.2, 0.25) is 0 Å².